The average Bonchev–Trinajstić information content (AvgIpc) is 3.24. The van der Waals surface area contributed by atoms with Crippen molar-refractivity contribution in [3.8, 4) is 11.4 Å². The maximum atomic E-state index is 13.9. The van der Waals surface area contributed by atoms with Gasteiger partial charge in [0.15, 0.2) is 0 Å². The first-order valence-electron chi connectivity index (χ1n) is 12.4. The molecule has 1 unspecified atom stereocenters. The number of hydrogen-bond acceptors (Lipinski definition) is 10. The van der Waals surface area contributed by atoms with Crippen LogP contribution < -0.4 is 15.1 Å². The third-order valence-corrected chi connectivity index (χ3v) is 8.13. The SMILES string of the molecule is [B]=S(C)(=O)N1CCN(c2nc3c(N4CCOCC4)nc(-c4cnc(NC)nc4)nc3n2CC(F)(F)F)C[C@@H]1C. The van der Waals surface area contributed by atoms with E-state index in [1.165, 1.54) is 18.6 Å². The predicted molar refractivity (Wildman–Crippen MR) is 143 cm³/mol. The number of halogens is 3. The maximum absolute atomic E-state index is 13.9. The molecule has 2 aliphatic heterocycles. The van der Waals surface area contributed by atoms with Crippen molar-refractivity contribution in [1.82, 2.24) is 33.8 Å². The molecule has 0 aliphatic carbocycles. The van der Waals surface area contributed by atoms with Crippen LogP contribution in [0.15, 0.2) is 12.4 Å². The minimum absolute atomic E-state index is 0.0553. The van der Waals surface area contributed by atoms with Crippen LogP contribution in [0, 0.1) is 0 Å². The number of fused-ring (bicyclic) bond motifs is 1. The fourth-order valence-corrected chi connectivity index (χ4v) is 6.13. The fourth-order valence-electron chi connectivity index (χ4n) is 4.90. The molecule has 3 aromatic heterocycles. The normalized spacial score (nSPS) is 20.8. The summed E-state index contributed by atoms with van der Waals surface area (Å²) >= 11 is 0. The van der Waals surface area contributed by atoms with E-state index in [-0.39, 0.29) is 35.5 Å². The molecule has 0 aromatic carbocycles. The summed E-state index contributed by atoms with van der Waals surface area (Å²) in [5.41, 5.74) is 0.773. The summed E-state index contributed by atoms with van der Waals surface area (Å²) in [7, 11) is -1.04. The molecule has 17 heteroatoms. The van der Waals surface area contributed by atoms with Gasteiger partial charge in [-0.15, -0.1) is 0 Å². The average molecular weight is 565 g/mol. The van der Waals surface area contributed by atoms with E-state index in [1.54, 1.807) is 16.3 Å². The molecule has 5 rings (SSSR count). The van der Waals surface area contributed by atoms with E-state index < -0.39 is 22.3 Å². The van der Waals surface area contributed by atoms with Crippen molar-refractivity contribution in [1.29, 1.82) is 0 Å². The zero-order chi connectivity index (χ0) is 27.9. The van der Waals surface area contributed by atoms with Crippen LogP contribution in [0.4, 0.5) is 30.9 Å². The van der Waals surface area contributed by atoms with Gasteiger partial charge in [-0.25, -0.2) is 9.97 Å². The molecule has 3 aromatic rings. The van der Waals surface area contributed by atoms with E-state index in [9.17, 15) is 17.4 Å². The second kappa shape index (κ2) is 10.5. The number of nitrogens with zero attached hydrogens (tertiary/aromatic N) is 9. The van der Waals surface area contributed by atoms with Gasteiger partial charge in [0.2, 0.25) is 5.95 Å². The van der Waals surface area contributed by atoms with Crippen molar-refractivity contribution in [3.63, 3.8) is 0 Å². The van der Waals surface area contributed by atoms with Crippen molar-refractivity contribution in [2.45, 2.75) is 25.7 Å². The molecule has 0 bridgehead atoms. The Morgan fingerprint density at radius 1 is 1.10 bits per heavy atom. The van der Waals surface area contributed by atoms with Crippen LogP contribution in [0.3, 0.4) is 0 Å². The molecular weight excluding hydrogens is 536 g/mol. The number of imidazole rings is 1. The Kier molecular flexibility index (Phi) is 7.41. The van der Waals surface area contributed by atoms with Crippen molar-refractivity contribution in [3.05, 3.63) is 12.4 Å². The number of alkyl halides is 3. The Morgan fingerprint density at radius 2 is 1.79 bits per heavy atom. The Bertz CT molecular complexity index is 1450. The van der Waals surface area contributed by atoms with Gasteiger partial charge in [-0.3, -0.25) is 0 Å². The Balaban J connectivity index is 1.67. The van der Waals surface area contributed by atoms with Gasteiger partial charge in [0.05, 0.1) is 0 Å². The molecule has 5 heterocycles. The van der Waals surface area contributed by atoms with Crippen LogP contribution in [0.5, 0.6) is 0 Å². The van der Waals surface area contributed by atoms with Gasteiger partial charge in [0.1, 0.15) is 0 Å². The second-order valence-corrected chi connectivity index (χ2v) is 11.8. The van der Waals surface area contributed by atoms with Crippen LogP contribution in [-0.2, 0) is 20.8 Å². The van der Waals surface area contributed by atoms with Crippen LogP contribution in [0.2, 0.25) is 0 Å². The van der Waals surface area contributed by atoms with Crippen molar-refractivity contribution >= 4 is 45.1 Å². The third kappa shape index (κ3) is 5.79. The summed E-state index contributed by atoms with van der Waals surface area (Å²) < 4.78 is 62.5. The Morgan fingerprint density at radius 3 is 2.38 bits per heavy atom. The first kappa shape index (κ1) is 27.5. The molecule has 2 aliphatic rings. The van der Waals surface area contributed by atoms with Gasteiger partial charge in [-0.2, -0.15) is 0 Å². The van der Waals surface area contributed by atoms with E-state index in [0.717, 1.165) is 4.57 Å². The minimum atomic E-state index is -4.54. The zero-order valence-corrected chi connectivity index (χ0v) is 22.7. The zero-order valence-electron chi connectivity index (χ0n) is 21.8. The fraction of sp³-hybridized carbons (Fsp3) is 0.591. The van der Waals surface area contributed by atoms with E-state index in [0.29, 0.717) is 56.7 Å². The summed E-state index contributed by atoms with van der Waals surface area (Å²) in [5, 5.41) is 2.83. The molecule has 2 atom stereocenters. The van der Waals surface area contributed by atoms with E-state index >= 15 is 0 Å². The van der Waals surface area contributed by atoms with Crippen LogP contribution in [0.25, 0.3) is 22.6 Å². The topological polar surface area (TPSA) is 117 Å². The summed E-state index contributed by atoms with van der Waals surface area (Å²) in [6.07, 6.45) is -0.0435. The van der Waals surface area contributed by atoms with Crippen LogP contribution in [-0.4, -0.2) is 116 Å². The molecule has 2 saturated heterocycles. The van der Waals surface area contributed by atoms with Gasteiger partial charge < -0.3 is 10.1 Å². The van der Waals surface area contributed by atoms with Crippen LogP contribution >= 0.6 is 0 Å². The number of aromatic nitrogens is 6. The van der Waals surface area contributed by atoms with Crippen LogP contribution in [0.1, 0.15) is 6.92 Å². The third-order valence-electron chi connectivity index (χ3n) is 6.65. The van der Waals surface area contributed by atoms with E-state index in [1.807, 2.05) is 11.8 Å². The van der Waals surface area contributed by atoms with Gasteiger partial charge in [0.25, 0.3) is 0 Å². The van der Waals surface area contributed by atoms with Crippen molar-refractivity contribution in [2.75, 3.05) is 74.4 Å². The molecule has 1 N–H and O–H groups in total. The Hall–Kier alpha value is -3.05. The molecule has 0 spiro atoms. The Labute approximate surface area is 225 Å². The van der Waals surface area contributed by atoms with E-state index in [4.69, 9.17) is 21.4 Å². The number of morpholine rings is 1. The van der Waals surface area contributed by atoms with Gasteiger partial charge in [-0.1, -0.05) is 0 Å². The first-order valence-corrected chi connectivity index (χ1v) is 14.4. The van der Waals surface area contributed by atoms with Gasteiger partial charge in [-0.05, 0) is 0 Å². The first-order chi connectivity index (χ1) is 18.4. The number of rotatable bonds is 6. The number of piperazine rings is 1. The monoisotopic (exact) mass is 565 g/mol. The van der Waals surface area contributed by atoms with Crippen molar-refractivity contribution in [2.24, 2.45) is 0 Å². The van der Waals surface area contributed by atoms with Gasteiger partial charge in [0, 0.05) is 7.05 Å². The number of hydrogen-bond donors (Lipinski definition) is 1. The summed E-state index contributed by atoms with van der Waals surface area (Å²) in [6, 6.07) is -0.274. The predicted octanol–water partition coefficient (Wildman–Crippen LogP) is 1.15. The van der Waals surface area contributed by atoms with E-state index in [2.05, 4.69) is 20.3 Å². The molecule has 12 nitrogen and oxygen atoms in total. The molecule has 1 radical (unpaired) electrons. The number of nitrogens with one attached hydrogen (secondary N) is 1. The molecule has 39 heavy (non-hydrogen) atoms. The molecule has 2 fully saturated rings. The van der Waals surface area contributed by atoms with Gasteiger partial charge >= 0.3 is 192 Å². The summed E-state index contributed by atoms with van der Waals surface area (Å²) in [6.45, 7) is 9.21. The molecule has 209 valence electrons. The van der Waals surface area contributed by atoms with Crippen molar-refractivity contribution < 1.29 is 22.1 Å². The summed E-state index contributed by atoms with van der Waals surface area (Å²) in [5.74, 6) is 1.12. The number of anilines is 3. The molecular formula is C22H29BF3N10O2S. The summed E-state index contributed by atoms with van der Waals surface area (Å²) in [4.78, 5) is 26.1. The molecule has 0 amide bonds. The second-order valence-electron chi connectivity index (χ2n) is 9.60. The number of ether oxygens (including phenoxy) is 1. The standard InChI is InChI=1S/C22H29BF3N10O2S/c1-14-12-34(4-5-36(14)39(3,23)37)21-30-16-18(33-6-8-38-9-7-33)31-17(15-10-28-20(27-2)29-11-15)32-19(16)35(21)13-22(24,25)26/h10-11,14H,4-9,12-13H2,1-3H3,(H,27,28,29)/t14-,39?/m0/s1. The molecule has 0 saturated carbocycles. The quantitative estimate of drug-likeness (QED) is 0.437.